The van der Waals surface area contributed by atoms with Crippen LogP contribution in [-0.2, 0) is 20.5 Å². The van der Waals surface area contributed by atoms with E-state index in [-0.39, 0.29) is 13.2 Å². The fourth-order valence-electron chi connectivity index (χ4n) is 2.07. The van der Waals surface area contributed by atoms with Gasteiger partial charge in [-0.25, -0.2) is 8.93 Å². The Morgan fingerprint density at radius 2 is 2.11 bits per heavy atom. The maximum absolute atomic E-state index is 12.2. The van der Waals surface area contributed by atoms with Crippen molar-refractivity contribution in [3.63, 3.8) is 0 Å². The van der Waals surface area contributed by atoms with E-state index in [1.54, 1.807) is 4.72 Å². The third-order valence-corrected chi connectivity index (χ3v) is 4.07. The van der Waals surface area contributed by atoms with Gasteiger partial charge in [-0.3, -0.25) is 0 Å². The third kappa shape index (κ3) is 2.51. The van der Waals surface area contributed by atoms with E-state index in [1.165, 1.54) is 0 Å². The largest absolute Gasteiger partial charge is 0.485 e. The summed E-state index contributed by atoms with van der Waals surface area (Å²) < 4.78 is 59.5. The Balaban J connectivity index is 2.14. The van der Waals surface area contributed by atoms with Crippen LogP contribution >= 0.6 is 0 Å². The van der Waals surface area contributed by atoms with E-state index in [0.29, 0.717) is 0 Å². The Labute approximate surface area is 108 Å². The van der Waals surface area contributed by atoms with Gasteiger partial charge in [-0.2, -0.15) is 13.2 Å². The lowest BCUT2D eigenvalue weighted by Crippen LogP contribution is -2.67. The van der Waals surface area contributed by atoms with E-state index < -0.39 is 46.6 Å². The molecule has 2 aliphatic heterocycles. The normalized spacial score (nSPS) is 44.3. The SMILES string of the molecule is NC[C@@]12COC(O1)[C@H](NS(=O)C(F)(F)F)[C@@H](O)[C@H]2O. The molecular formula is C8H13F3N2O5S. The topological polar surface area (TPSA) is 114 Å². The first kappa shape index (κ1) is 15.1. The molecule has 0 amide bonds. The van der Waals surface area contributed by atoms with Gasteiger partial charge in [0.15, 0.2) is 17.3 Å². The second kappa shape index (κ2) is 4.91. The highest BCUT2D eigenvalue weighted by Crippen LogP contribution is 2.36. The minimum Gasteiger partial charge on any atom is -0.388 e. The zero-order valence-electron chi connectivity index (χ0n) is 9.46. The van der Waals surface area contributed by atoms with Crippen LogP contribution in [0.4, 0.5) is 13.2 Å². The first-order valence-corrected chi connectivity index (χ1v) is 6.46. The quantitative estimate of drug-likeness (QED) is 0.476. The molecule has 0 spiro atoms. The standard InChI is InChI=1S/C8H13F3N2O5S/c9-8(10,11)19(16)13-3-4(14)5(15)7(1-12)2-17-6(3)18-7/h3-6,13-15H,1-2,12H2/t3-,4-,5-,6?,7+,19?/m1/s1. The van der Waals surface area contributed by atoms with Crippen LogP contribution in [0, 0.1) is 0 Å². The fraction of sp³-hybridized carbons (Fsp3) is 1.00. The summed E-state index contributed by atoms with van der Waals surface area (Å²) in [5.74, 6) is 0. The van der Waals surface area contributed by atoms with E-state index >= 15 is 0 Å². The van der Waals surface area contributed by atoms with Crippen LogP contribution in [0.3, 0.4) is 0 Å². The van der Waals surface area contributed by atoms with E-state index in [4.69, 9.17) is 15.2 Å². The first-order chi connectivity index (χ1) is 8.71. The number of aliphatic hydroxyl groups excluding tert-OH is 2. The van der Waals surface area contributed by atoms with Crippen molar-refractivity contribution >= 4 is 11.0 Å². The van der Waals surface area contributed by atoms with Crippen molar-refractivity contribution < 1.29 is 37.1 Å². The van der Waals surface area contributed by atoms with Crippen LogP contribution in [0.25, 0.3) is 0 Å². The summed E-state index contributed by atoms with van der Waals surface area (Å²) in [7, 11) is -3.40. The molecule has 2 aliphatic rings. The second-order valence-corrected chi connectivity index (χ2v) is 5.60. The summed E-state index contributed by atoms with van der Waals surface area (Å²) in [6, 6.07) is -1.47. The zero-order valence-corrected chi connectivity index (χ0v) is 10.3. The van der Waals surface area contributed by atoms with Gasteiger partial charge in [-0.1, -0.05) is 0 Å². The molecule has 0 aromatic rings. The number of aliphatic hydroxyl groups is 2. The fourth-order valence-corrected chi connectivity index (χ4v) is 2.70. The average Bonchev–Trinajstić information content (AvgIpc) is 2.74. The molecule has 0 aliphatic carbocycles. The number of alkyl halides is 3. The molecule has 5 N–H and O–H groups in total. The number of hydrogen-bond donors (Lipinski definition) is 4. The summed E-state index contributed by atoms with van der Waals surface area (Å²) in [5.41, 5.74) is -0.932. The zero-order chi connectivity index (χ0) is 14.4. The maximum Gasteiger partial charge on any atom is 0.485 e. The molecule has 2 rings (SSSR count). The molecule has 2 unspecified atom stereocenters. The maximum atomic E-state index is 12.2. The van der Waals surface area contributed by atoms with Crippen LogP contribution in [0.1, 0.15) is 0 Å². The molecule has 19 heavy (non-hydrogen) atoms. The predicted molar refractivity (Wildman–Crippen MR) is 55.7 cm³/mol. The van der Waals surface area contributed by atoms with Gasteiger partial charge in [0.2, 0.25) is 0 Å². The summed E-state index contributed by atoms with van der Waals surface area (Å²) in [4.78, 5) is 0. The van der Waals surface area contributed by atoms with Crippen molar-refractivity contribution in [2.45, 2.75) is 35.6 Å². The molecule has 0 aromatic carbocycles. The molecule has 7 nitrogen and oxygen atoms in total. The Hall–Kier alpha value is -0.300. The lowest BCUT2D eigenvalue weighted by atomic mass is 9.88. The van der Waals surface area contributed by atoms with Gasteiger partial charge in [0.25, 0.3) is 0 Å². The van der Waals surface area contributed by atoms with Gasteiger partial charge in [-0.15, -0.1) is 0 Å². The summed E-state index contributed by atoms with van der Waals surface area (Å²) in [6.07, 6.45) is -4.44. The van der Waals surface area contributed by atoms with Crippen molar-refractivity contribution in [1.29, 1.82) is 0 Å². The molecule has 6 atom stereocenters. The van der Waals surface area contributed by atoms with Crippen molar-refractivity contribution in [3.05, 3.63) is 0 Å². The minimum absolute atomic E-state index is 0.163. The first-order valence-electron chi connectivity index (χ1n) is 5.32. The van der Waals surface area contributed by atoms with E-state index in [2.05, 4.69) is 0 Å². The van der Waals surface area contributed by atoms with Crippen LogP contribution in [0.2, 0.25) is 0 Å². The second-order valence-electron chi connectivity index (χ2n) is 4.36. The number of ether oxygens (including phenoxy) is 2. The molecule has 0 saturated carbocycles. The van der Waals surface area contributed by atoms with Crippen molar-refractivity contribution in [1.82, 2.24) is 4.72 Å². The molecule has 2 fully saturated rings. The molecule has 11 heteroatoms. The smallest absolute Gasteiger partial charge is 0.388 e. The Morgan fingerprint density at radius 3 is 2.63 bits per heavy atom. The molecule has 0 aromatic heterocycles. The highest BCUT2D eigenvalue weighted by molar-refractivity contribution is 7.83. The van der Waals surface area contributed by atoms with Crippen LogP contribution in [0.5, 0.6) is 0 Å². The number of nitrogens with one attached hydrogen (secondary N) is 1. The summed E-state index contributed by atoms with van der Waals surface area (Å²) >= 11 is 0. The number of hydrogen-bond acceptors (Lipinski definition) is 6. The van der Waals surface area contributed by atoms with E-state index in [0.717, 1.165) is 0 Å². The van der Waals surface area contributed by atoms with Gasteiger partial charge < -0.3 is 25.4 Å². The van der Waals surface area contributed by atoms with Crippen LogP contribution in [-0.4, -0.2) is 63.2 Å². The molecular weight excluding hydrogens is 293 g/mol. The number of halogens is 3. The Bertz CT molecular complexity index is 384. The van der Waals surface area contributed by atoms with Gasteiger partial charge in [-0.05, 0) is 0 Å². The van der Waals surface area contributed by atoms with Gasteiger partial charge in [0.05, 0.1) is 12.6 Å². The summed E-state index contributed by atoms with van der Waals surface area (Å²) in [6.45, 7) is -0.333. The predicted octanol–water partition coefficient (Wildman–Crippen LogP) is -2.07. The van der Waals surface area contributed by atoms with E-state index in [1.807, 2.05) is 0 Å². The molecule has 2 saturated heterocycles. The van der Waals surface area contributed by atoms with Crippen molar-refractivity contribution in [3.8, 4) is 0 Å². The van der Waals surface area contributed by atoms with Gasteiger partial charge in [0, 0.05) is 6.54 Å². The monoisotopic (exact) mass is 306 g/mol. The number of rotatable bonds is 3. The summed E-state index contributed by atoms with van der Waals surface area (Å²) in [5, 5.41) is 19.6. The highest BCUT2D eigenvalue weighted by atomic mass is 32.2. The molecule has 2 bridgehead atoms. The Kier molecular flexibility index (Phi) is 3.90. The van der Waals surface area contributed by atoms with Crippen molar-refractivity contribution in [2.75, 3.05) is 13.2 Å². The molecule has 0 radical (unpaired) electrons. The van der Waals surface area contributed by atoms with Crippen molar-refractivity contribution in [2.24, 2.45) is 5.73 Å². The Morgan fingerprint density at radius 1 is 1.47 bits per heavy atom. The lowest BCUT2D eigenvalue weighted by molar-refractivity contribution is -0.218. The van der Waals surface area contributed by atoms with E-state index in [9.17, 15) is 27.6 Å². The highest BCUT2D eigenvalue weighted by Gasteiger charge is 2.59. The van der Waals surface area contributed by atoms with Crippen LogP contribution < -0.4 is 10.5 Å². The third-order valence-electron chi connectivity index (χ3n) is 3.17. The number of nitrogens with two attached hydrogens (primary N) is 1. The van der Waals surface area contributed by atoms with Crippen LogP contribution in [0.15, 0.2) is 0 Å². The van der Waals surface area contributed by atoms with Gasteiger partial charge in [0.1, 0.15) is 17.8 Å². The number of fused-ring (bicyclic) bond motifs is 2. The molecule has 112 valence electrons. The molecule has 2 heterocycles. The average molecular weight is 306 g/mol. The lowest BCUT2D eigenvalue weighted by Gasteiger charge is -2.42. The minimum atomic E-state index is -4.99. The van der Waals surface area contributed by atoms with Gasteiger partial charge >= 0.3 is 5.51 Å².